The molecule has 0 radical (unpaired) electrons. The van der Waals surface area contributed by atoms with E-state index < -0.39 is 22.3 Å². The first kappa shape index (κ1) is 19.1. The molecule has 2 aromatic rings. The molecule has 1 heterocycles. The summed E-state index contributed by atoms with van der Waals surface area (Å²) in [6.07, 6.45) is 1.22. The molecular weight excluding hydrogens is 344 g/mol. The molecule has 26 heavy (non-hydrogen) atoms. The fraction of sp³-hybridized carbons (Fsp3) is 0.312. The van der Waals surface area contributed by atoms with Gasteiger partial charge in [-0.15, -0.1) is 0 Å². The van der Waals surface area contributed by atoms with Crippen LogP contribution in [0.25, 0.3) is 5.69 Å². The molecule has 10 heteroatoms. The number of ether oxygens (including phenoxy) is 1. The number of carboxylic acids is 1. The van der Waals surface area contributed by atoms with E-state index in [1.807, 2.05) is 0 Å². The largest absolute Gasteiger partial charge is 0.481 e. The number of nitrogens with one attached hydrogen (secondary N) is 1. The number of rotatable bonds is 8. The van der Waals surface area contributed by atoms with Crippen LogP contribution in [-0.4, -0.2) is 50.9 Å². The van der Waals surface area contributed by atoms with Gasteiger partial charge in [0.1, 0.15) is 0 Å². The molecule has 1 amide bonds. The predicted molar refractivity (Wildman–Crippen MR) is 90.2 cm³/mol. The van der Waals surface area contributed by atoms with E-state index in [4.69, 9.17) is 9.84 Å². The van der Waals surface area contributed by atoms with Crippen molar-refractivity contribution in [3.8, 4) is 5.69 Å². The van der Waals surface area contributed by atoms with E-state index in [1.54, 1.807) is 6.92 Å². The van der Waals surface area contributed by atoms with Gasteiger partial charge in [0.2, 0.25) is 0 Å². The fourth-order valence-corrected chi connectivity index (χ4v) is 2.44. The Morgan fingerprint density at radius 2 is 2.00 bits per heavy atom. The van der Waals surface area contributed by atoms with Crippen LogP contribution >= 0.6 is 0 Å². The number of methoxy groups -OCH3 is 1. The van der Waals surface area contributed by atoms with E-state index in [2.05, 4.69) is 10.4 Å². The molecule has 10 nitrogen and oxygen atoms in total. The molecule has 0 spiro atoms. The minimum Gasteiger partial charge on any atom is -0.481 e. The Morgan fingerprint density at radius 1 is 1.35 bits per heavy atom. The van der Waals surface area contributed by atoms with Gasteiger partial charge < -0.3 is 15.2 Å². The second-order valence-electron chi connectivity index (χ2n) is 5.94. The average Bonchev–Trinajstić information content (AvgIpc) is 3.04. The molecule has 0 saturated carbocycles. The molecule has 2 N–H and O–H groups in total. The van der Waals surface area contributed by atoms with E-state index in [1.165, 1.54) is 48.3 Å². The highest BCUT2D eigenvalue weighted by Crippen LogP contribution is 2.16. The van der Waals surface area contributed by atoms with Gasteiger partial charge in [-0.3, -0.25) is 19.7 Å². The zero-order valence-electron chi connectivity index (χ0n) is 14.2. The number of carboxylic acid groups (broad SMARTS) is 1. The lowest BCUT2D eigenvalue weighted by molar-refractivity contribution is -0.384. The van der Waals surface area contributed by atoms with Gasteiger partial charge in [0.15, 0.2) is 5.69 Å². The third-order valence-corrected chi connectivity index (χ3v) is 3.57. The average molecular weight is 362 g/mol. The maximum absolute atomic E-state index is 12.4. The van der Waals surface area contributed by atoms with Gasteiger partial charge in [0.05, 0.1) is 29.2 Å². The molecule has 1 aromatic heterocycles. The van der Waals surface area contributed by atoms with Crippen LogP contribution in [0.2, 0.25) is 0 Å². The Labute approximate surface area is 148 Å². The maximum Gasteiger partial charge on any atom is 0.305 e. The molecule has 0 saturated heterocycles. The predicted octanol–water partition coefficient (Wildman–Crippen LogP) is 1.39. The van der Waals surface area contributed by atoms with E-state index in [-0.39, 0.29) is 24.4 Å². The molecule has 1 atom stereocenters. The van der Waals surface area contributed by atoms with Crippen LogP contribution in [-0.2, 0) is 9.53 Å². The van der Waals surface area contributed by atoms with Gasteiger partial charge >= 0.3 is 5.97 Å². The fourth-order valence-electron chi connectivity index (χ4n) is 2.44. The molecule has 0 fully saturated rings. The van der Waals surface area contributed by atoms with Gasteiger partial charge in [0, 0.05) is 25.4 Å². The van der Waals surface area contributed by atoms with E-state index in [0.717, 1.165) is 0 Å². The number of carbonyl (C=O) groups is 2. The lowest BCUT2D eigenvalue weighted by Gasteiger charge is -2.28. The zero-order valence-corrected chi connectivity index (χ0v) is 14.2. The van der Waals surface area contributed by atoms with E-state index in [0.29, 0.717) is 5.69 Å². The molecule has 0 aliphatic carbocycles. The van der Waals surface area contributed by atoms with Crippen LogP contribution in [0.1, 0.15) is 23.8 Å². The van der Waals surface area contributed by atoms with E-state index >= 15 is 0 Å². The number of aliphatic carboxylic acids is 1. The number of amides is 1. The highest BCUT2D eigenvalue weighted by atomic mass is 16.6. The lowest BCUT2D eigenvalue weighted by atomic mass is 9.99. The Morgan fingerprint density at radius 3 is 2.54 bits per heavy atom. The minimum atomic E-state index is -1.09. The number of non-ortho nitro benzene ring substituents is 1. The quantitative estimate of drug-likeness (QED) is 0.535. The van der Waals surface area contributed by atoms with Crippen LogP contribution in [0, 0.1) is 10.1 Å². The van der Waals surface area contributed by atoms with Crippen molar-refractivity contribution in [1.29, 1.82) is 0 Å². The van der Waals surface area contributed by atoms with Crippen molar-refractivity contribution >= 4 is 17.6 Å². The SMILES string of the molecule is COCC(C)(CC(=O)O)NC(=O)c1ccn(-c2ccc([N+](=O)[O-])cc2)n1. The Hall–Kier alpha value is -3.27. The number of carbonyl (C=O) groups excluding carboxylic acids is 1. The first-order chi connectivity index (χ1) is 12.2. The minimum absolute atomic E-state index is 0.0219. The Bertz CT molecular complexity index is 816. The number of nitro benzene ring substituents is 1. The molecule has 0 aliphatic heterocycles. The zero-order chi connectivity index (χ0) is 19.3. The summed E-state index contributed by atoms with van der Waals surface area (Å²) in [4.78, 5) is 33.6. The van der Waals surface area contributed by atoms with Crippen molar-refractivity contribution in [1.82, 2.24) is 15.1 Å². The third-order valence-electron chi connectivity index (χ3n) is 3.57. The Kier molecular flexibility index (Phi) is 5.68. The summed E-state index contributed by atoms with van der Waals surface area (Å²) < 4.78 is 6.38. The molecule has 0 bridgehead atoms. The summed E-state index contributed by atoms with van der Waals surface area (Å²) in [5.41, 5.74) is -0.520. The molecule has 1 aromatic carbocycles. The van der Waals surface area contributed by atoms with Gasteiger partial charge in [-0.1, -0.05) is 0 Å². The summed E-state index contributed by atoms with van der Waals surface area (Å²) >= 11 is 0. The highest BCUT2D eigenvalue weighted by molar-refractivity contribution is 5.93. The van der Waals surface area contributed by atoms with Gasteiger partial charge in [0.25, 0.3) is 11.6 Å². The van der Waals surface area contributed by atoms with Crippen molar-refractivity contribution in [3.63, 3.8) is 0 Å². The molecule has 1 unspecified atom stereocenters. The topological polar surface area (TPSA) is 137 Å². The highest BCUT2D eigenvalue weighted by Gasteiger charge is 2.30. The van der Waals surface area contributed by atoms with Gasteiger partial charge in [-0.05, 0) is 25.1 Å². The summed E-state index contributed by atoms with van der Waals surface area (Å²) in [6, 6.07) is 7.14. The monoisotopic (exact) mass is 362 g/mol. The van der Waals surface area contributed by atoms with Crippen LogP contribution < -0.4 is 5.32 Å². The van der Waals surface area contributed by atoms with Gasteiger partial charge in [-0.2, -0.15) is 5.10 Å². The molecule has 0 aliphatic rings. The van der Waals surface area contributed by atoms with Crippen LogP contribution in [0.5, 0.6) is 0 Å². The van der Waals surface area contributed by atoms with Crippen molar-refractivity contribution < 1.29 is 24.4 Å². The third kappa shape index (κ3) is 4.63. The number of nitro groups is 1. The standard InChI is InChI=1S/C16H18N4O6/c1-16(10-26-2,9-14(21)22)17-15(23)13-7-8-19(18-13)11-3-5-12(6-4-11)20(24)25/h3-8H,9-10H2,1-2H3,(H,17,23)(H,21,22). The van der Waals surface area contributed by atoms with Crippen molar-refractivity contribution in [2.45, 2.75) is 18.9 Å². The number of aromatic nitrogens is 2. The maximum atomic E-state index is 12.4. The van der Waals surface area contributed by atoms with Crippen LogP contribution in [0.3, 0.4) is 0 Å². The normalized spacial score (nSPS) is 13.0. The summed E-state index contributed by atoms with van der Waals surface area (Å²) in [5, 5.41) is 26.4. The number of hydrogen-bond donors (Lipinski definition) is 2. The first-order valence-electron chi connectivity index (χ1n) is 7.58. The Balaban J connectivity index is 2.16. The molecule has 138 valence electrons. The van der Waals surface area contributed by atoms with E-state index in [9.17, 15) is 19.7 Å². The second kappa shape index (κ2) is 7.74. The second-order valence-corrected chi connectivity index (χ2v) is 5.94. The summed E-state index contributed by atoms with van der Waals surface area (Å²) in [5.74, 6) is -1.62. The van der Waals surface area contributed by atoms with Gasteiger partial charge in [-0.25, -0.2) is 4.68 Å². The summed E-state index contributed by atoms with van der Waals surface area (Å²) in [7, 11) is 1.41. The number of nitrogens with zero attached hydrogens (tertiary/aromatic N) is 3. The lowest BCUT2D eigenvalue weighted by Crippen LogP contribution is -2.50. The van der Waals surface area contributed by atoms with Crippen LogP contribution in [0.15, 0.2) is 36.5 Å². The van der Waals surface area contributed by atoms with Crippen molar-refractivity contribution in [2.24, 2.45) is 0 Å². The summed E-state index contributed by atoms with van der Waals surface area (Å²) in [6.45, 7) is 1.59. The number of hydrogen-bond acceptors (Lipinski definition) is 6. The van der Waals surface area contributed by atoms with Crippen LogP contribution in [0.4, 0.5) is 5.69 Å². The first-order valence-corrected chi connectivity index (χ1v) is 7.58. The molecular formula is C16H18N4O6. The van der Waals surface area contributed by atoms with Crippen molar-refractivity contribution in [2.75, 3.05) is 13.7 Å². The van der Waals surface area contributed by atoms with Crippen molar-refractivity contribution in [3.05, 3.63) is 52.3 Å². The smallest absolute Gasteiger partial charge is 0.305 e. The molecule has 2 rings (SSSR count). The number of benzene rings is 1.